The summed E-state index contributed by atoms with van der Waals surface area (Å²) < 4.78 is 8.71. The largest absolute Gasteiger partial charge is 0.494 e. The normalized spacial score (nSPS) is 11.0. The fourth-order valence-electron chi connectivity index (χ4n) is 3.35. The number of fused-ring (bicyclic) bond motifs is 1. The summed E-state index contributed by atoms with van der Waals surface area (Å²) >= 11 is 0. The van der Waals surface area contributed by atoms with Crippen molar-refractivity contribution in [1.82, 2.24) is 24.5 Å². The predicted octanol–water partition coefficient (Wildman–Crippen LogP) is 3.10. The van der Waals surface area contributed by atoms with Gasteiger partial charge in [-0.3, -0.25) is 14.2 Å². The van der Waals surface area contributed by atoms with Gasteiger partial charge in [-0.2, -0.15) is 10.2 Å². The fourth-order valence-corrected chi connectivity index (χ4v) is 3.35. The van der Waals surface area contributed by atoms with Gasteiger partial charge in [-0.05, 0) is 37.6 Å². The first kappa shape index (κ1) is 18.7. The van der Waals surface area contributed by atoms with E-state index in [9.17, 15) is 4.79 Å². The highest BCUT2D eigenvalue weighted by Gasteiger charge is 2.13. The summed E-state index contributed by atoms with van der Waals surface area (Å²) in [6.07, 6.45) is 3.61. The number of pyridine rings is 1. The number of hydrogen-bond donors (Lipinski definition) is 1. The zero-order valence-corrected chi connectivity index (χ0v) is 16.8. The van der Waals surface area contributed by atoms with Gasteiger partial charge in [0, 0.05) is 36.0 Å². The van der Waals surface area contributed by atoms with Crippen LogP contribution in [0.5, 0.6) is 5.75 Å². The molecule has 4 aromatic rings. The molecule has 8 nitrogen and oxygen atoms in total. The molecule has 0 spiro atoms. The average Bonchev–Trinajstić information content (AvgIpc) is 3.26. The number of ether oxygens (including phenoxy) is 1. The predicted molar refractivity (Wildman–Crippen MR) is 111 cm³/mol. The van der Waals surface area contributed by atoms with Crippen LogP contribution in [0, 0.1) is 13.8 Å². The Bertz CT molecular complexity index is 1210. The Kier molecular flexibility index (Phi) is 4.75. The number of rotatable bonds is 5. The third-order valence-electron chi connectivity index (χ3n) is 4.70. The van der Waals surface area contributed by atoms with Crippen LogP contribution in [0.4, 0.5) is 5.82 Å². The van der Waals surface area contributed by atoms with E-state index < -0.39 is 0 Å². The molecule has 0 bridgehead atoms. The van der Waals surface area contributed by atoms with Crippen LogP contribution in [0.3, 0.4) is 0 Å². The van der Waals surface area contributed by atoms with E-state index >= 15 is 0 Å². The Morgan fingerprint density at radius 3 is 2.72 bits per heavy atom. The van der Waals surface area contributed by atoms with Gasteiger partial charge in [-0.25, -0.2) is 4.98 Å². The SMILES string of the molecule is COc1ccc(-c2cnn(CC(=O)Nc3cc(C)nn3C)c2)c2ccc(C)nc12. The Balaban J connectivity index is 1.59. The number of nitrogens with one attached hydrogen (secondary N) is 1. The number of aromatic nitrogens is 5. The number of hydrogen-bond acceptors (Lipinski definition) is 5. The molecule has 0 atom stereocenters. The van der Waals surface area contributed by atoms with E-state index in [0.29, 0.717) is 5.82 Å². The third-order valence-corrected chi connectivity index (χ3v) is 4.70. The summed E-state index contributed by atoms with van der Waals surface area (Å²) in [4.78, 5) is 17.0. The number of aryl methyl sites for hydroxylation is 3. The van der Waals surface area contributed by atoms with E-state index in [1.807, 2.05) is 50.4 Å². The molecule has 0 aliphatic carbocycles. The maximum atomic E-state index is 12.4. The molecule has 3 heterocycles. The maximum absolute atomic E-state index is 12.4. The number of carbonyl (C=O) groups is 1. The average molecular weight is 390 g/mol. The van der Waals surface area contributed by atoms with Crippen molar-refractivity contribution < 1.29 is 9.53 Å². The molecule has 1 amide bonds. The van der Waals surface area contributed by atoms with Gasteiger partial charge in [-0.1, -0.05) is 6.07 Å². The van der Waals surface area contributed by atoms with E-state index in [-0.39, 0.29) is 12.5 Å². The van der Waals surface area contributed by atoms with Crippen molar-refractivity contribution in [2.24, 2.45) is 7.05 Å². The molecular formula is C21H22N6O2. The minimum atomic E-state index is -0.167. The fraction of sp³-hybridized carbons (Fsp3) is 0.238. The molecule has 4 rings (SSSR count). The highest BCUT2D eigenvalue weighted by Crippen LogP contribution is 2.33. The van der Waals surface area contributed by atoms with Crippen LogP contribution in [0.1, 0.15) is 11.4 Å². The minimum absolute atomic E-state index is 0.107. The number of methoxy groups -OCH3 is 1. The molecule has 8 heteroatoms. The number of anilines is 1. The third kappa shape index (κ3) is 3.69. The summed E-state index contributed by atoms with van der Waals surface area (Å²) in [5.41, 5.74) is 4.47. The number of benzene rings is 1. The van der Waals surface area contributed by atoms with E-state index in [0.717, 1.165) is 39.2 Å². The first-order chi connectivity index (χ1) is 13.9. The van der Waals surface area contributed by atoms with Gasteiger partial charge in [-0.15, -0.1) is 0 Å². The maximum Gasteiger partial charge on any atom is 0.247 e. The number of carbonyl (C=O) groups excluding carboxylic acids is 1. The highest BCUT2D eigenvalue weighted by atomic mass is 16.5. The lowest BCUT2D eigenvalue weighted by atomic mass is 10.0. The summed E-state index contributed by atoms with van der Waals surface area (Å²) in [7, 11) is 3.43. The first-order valence-corrected chi connectivity index (χ1v) is 9.22. The van der Waals surface area contributed by atoms with Crippen LogP contribution in [0.2, 0.25) is 0 Å². The summed E-state index contributed by atoms with van der Waals surface area (Å²) in [5.74, 6) is 1.22. The minimum Gasteiger partial charge on any atom is -0.494 e. The highest BCUT2D eigenvalue weighted by molar-refractivity contribution is 5.97. The molecule has 29 heavy (non-hydrogen) atoms. The Morgan fingerprint density at radius 2 is 2.00 bits per heavy atom. The number of nitrogens with zero attached hydrogens (tertiary/aromatic N) is 5. The van der Waals surface area contributed by atoms with Gasteiger partial charge in [0.15, 0.2) is 0 Å². The van der Waals surface area contributed by atoms with E-state index in [2.05, 4.69) is 20.5 Å². The summed E-state index contributed by atoms with van der Waals surface area (Å²) in [6.45, 7) is 3.94. The zero-order chi connectivity index (χ0) is 20.5. The van der Waals surface area contributed by atoms with Gasteiger partial charge in [0.25, 0.3) is 0 Å². The molecule has 1 aromatic carbocycles. The van der Waals surface area contributed by atoms with Crippen LogP contribution in [0.15, 0.2) is 42.7 Å². The molecule has 148 valence electrons. The monoisotopic (exact) mass is 390 g/mol. The number of amides is 1. The van der Waals surface area contributed by atoms with Gasteiger partial charge >= 0.3 is 0 Å². The zero-order valence-electron chi connectivity index (χ0n) is 16.8. The van der Waals surface area contributed by atoms with E-state index in [1.165, 1.54) is 0 Å². The molecule has 0 fully saturated rings. The molecule has 1 N–H and O–H groups in total. The Morgan fingerprint density at radius 1 is 1.17 bits per heavy atom. The second-order valence-corrected chi connectivity index (χ2v) is 6.93. The first-order valence-electron chi connectivity index (χ1n) is 9.22. The van der Waals surface area contributed by atoms with E-state index in [1.54, 1.807) is 29.7 Å². The lowest BCUT2D eigenvalue weighted by Gasteiger charge is -2.09. The Labute approximate surface area is 168 Å². The van der Waals surface area contributed by atoms with Crippen molar-refractivity contribution in [2.45, 2.75) is 20.4 Å². The van der Waals surface area contributed by atoms with Crippen molar-refractivity contribution in [3.63, 3.8) is 0 Å². The van der Waals surface area contributed by atoms with Crippen LogP contribution in [0.25, 0.3) is 22.0 Å². The van der Waals surface area contributed by atoms with Crippen molar-refractivity contribution in [3.05, 3.63) is 54.1 Å². The molecule has 0 aliphatic heterocycles. The second-order valence-electron chi connectivity index (χ2n) is 6.93. The Hall–Kier alpha value is -3.68. The summed E-state index contributed by atoms with van der Waals surface area (Å²) in [5, 5.41) is 12.4. The van der Waals surface area contributed by atoms with Crippen LogP contribution < -0.4 is 10.1 Å². The van der Waals surface area contributed by atoms with Crippen LogP contribution in [-0.4, -0.2) is 37.6 Å². The van der Waals surface area contributed by atoms with Gasteiger partial charge in [0.1, 0.15) is 23.6 Å². The van der Waals surface area contributed by atoms with Crippen LogP contribution >= 0.6 is 0 Å². The van der Waals surface area contributed by atoms with Crippen molar-refractivity contribution in [1.29, 1.82) is 0 Å². The van der Waals surface area contributed by atoms with E-state index in [4.69, 9.17) is 4.74 Å². The molecule has 0 saturated heterocycles. The topological polar surface area (TPSA) is 86.9 Å². The summed E-state index contributed by atoms with van der Waals surface area (Å²) in [6, 6.07) is 9.71. The lowest BCUT2D eigenvalue weighted by Crippen LogP contribution is -2.20. The molecule has 0 radical (unpaired) electrons. The quantitative estimate of drug-likeness (QED) is 0.566. The molecule has 3 aromatic heterocycles. The lowest BCUT2D eigenvalue weighted by molar-refractivity contribution is -0.116. The van der Waals surface area contributed by atoms with Crippen molar-refractivity contribution in [2.75, 3.05) is 12.4 Å². The van der Waals surface area contributed by atoms with Crippen molar-refractivity contribution >= 4 is 22.6 Å². The second kappa shape index (κ2) is 7.38. The molecule has 0 aliphatic rings. The molecule has 0 saturated carbocycles. The van der Waals surface area contributed by atoms with Crippen molar-refractivity contribution in [3.8, 4) is 16.9 Å². The molecule has 0 unspecified atom stereocenters. The standard InChI is InChI=1S/C21H22N6O2/c1-13-5-6-17-16(7-8-18(29-4)21(17)23-13)15-10-22-27(11-15)12-20(28)24-19-9-14(2)25-26(19)3/h5-11H,12H2,1-4H3,(H,24,28). The molecular weight excluding hydrogens is 368 g/mol. The smallest absolute Gasteiger partial charge is 0.247 e. The van der Waals surface area contributed by atoms with Gasteiger partial charge < -0.3 is 10.1 Å². The van der Waals surface area contributed by atoms with Gasteiger partial charge in [0.2, 0.25) is 5.91 Å². The van der Waals surface area contributed by atoms with Crippen LogP contribution in [-0.2, 0) is 18.4 Å². The van der Waals surface area contributed by atoms with Gasteiger partial charge in [0.05, 0.1) is 19.0 Å².